The van der Waals surface area contributed by atoms with Crippen molar-refractivity contribution in [2.75, 3.05) is 6.54 Å². The van der Waals surface area contributed by atoms with E-state index in [0.717, 1.165) is 26.2 Å². The van der Waals surface area contributed by atoms with Crippen molar-refractivity contribution in [1.82, 2.24) is 5.32 Å². The minimum atomic E-state index is -0.833. The molecule has 1 aromatic carbocycles. The first-order valence-electron chi connectivity index (χ1n) is 8.26. The normalized spacial score (nSPS) is 22.9. The summed E-state index contributed by atoms with van der Waals surface area (Å²) in [5.74, 6) is -0.883. The molecule has 1 aliphatic carbocycles. The molecule has 6 nitrogen and oxygen atoms in total. The fourth-order valence-electron chi connectivity index (χ4n) is 2.75. The predicted octanol–water partition coefficient (Wildman–Crippen LogP) is 1.23. The molecular weight excluding hydrogens is 308 g/mol. The lowest BCUT2D eigenvalue weighted by Gasteiger charge is -2.29. The van der Waals surface area contributed by atoms with Crippen molar-refractivity contribution < 1.29 is 19.8 Å². The summed E-state index contributed by atoms with van der Waals surface area (Å²) < 4.78 is 0. The Balaban J connectivity index is 0.000000648. The molecule has 3 atom stereocenters. The van der Waals surface area contributed by atoms with Gasteiger partial charge in [-0.25, -0.2) is 0 Å². The first-order chi connectivity index (χ1) is 11.3. The van der Waals surface area contributed by atoms with E-state index >= 15 is 0 Å². The predicted molar refractivity (Wildman–Crippen MR) is 92.5 cm³/mol. The molecular formula is C18H28N2O4. The number of benzene rings is 1. The van der Waals surface area contributed by atoms with Gasteiger partial charge in [0.2, 0.25) is 5.91 Å². The van der Waals surface area contributed by atoms with Crippen molar-refractivity contribution in [2.45, 2.75) is 51.7 Å². The van der Waals surface area contributed by atoms with Gasteiger partial charge in [-0.1, -0.05) is 29.8 Å². The second kappa shape index (κ2) is 10.1. The van der Waals surface area contributed by atoms with Gasteiger partial charge in [-0.3, -0.25) is 9.59 Å². The van der Waals surface area contributed by atoms with Crippen LogP contribution in [0.5, 0.6) is 0 Å². The molecule has 0 bridgehead atoms. The van der Waals surface area contributed by atoms with Gasteiger partial charge in [0.15, 0.2) is 0 Å². The topological polar surface area (TPSA) is 113 Å². The van der Waals surface area contributed by atoms with Crippen LogP contribution < -0.4 is 11.1 Å². The Hall–Kier alpha value is -1.92. The molecule has 1 saturated carbocycles. The molecule has 134 valence electrons. The lowest BCUT2D eigenvalue weighted by molar-refractivity contribution is -0.134. The van der Waals surface area contributed by atoms with Crippen LogP contribution in [0.4, 0.5) is 0 Å². The summed E-state index contributed by atoms with van der Waals surface area (Å²) in [6.07, 6.45) is 2.27. The number of nitrogens with two attached hydrogens (primary N) is 1. The molecule has 1 aromatic rings. The maximum atomic E-state index is 12.0. The maximum absolute atomic E-state index is 12.0. The van der Waals surface area contributed by atoms with Crippen LogP contribution in [0.1, 0.15) is 37.3 Å². The number of rotatable bonds is 4. The summed E-state index contributed by atoms with van der Waals surface area (Å²) in [4.78, 5) is 21.0. The molecule has 0 aromatic heterocycles. The van der Waals surface area contributed by atoms with Gasteiger partial charge in [-0.05, 0) is 38.2 Å². The van der Waals surface area contributed by atoms with E-state index in [0.29, 0.717) is 13.0 Å². The summed E-state index contributed by atoms with van der Waals surface area (Å²) in [6.45, 7) is 3.79. The lowest BCUT2D eigenvalue weighted by atomic mass is 9.84. The molecule has 6 heteroatoms. The number of carbonyl (C=O) groups is 2. The number of hydrogen-bond donors (Lipinski definition) is 4. The zero-order chi connectivity index (χ0) is 18.1. The Morgan fingerprint density at radius 2 is 2.00 bits per heavy atom. The summed E-state index contributed by atoms with van der Waals surface area (Å²) in [5.41, 5.74) is 8.22. The maximum Gasteiger partial charge on any atom is 0.300 e. The average Bonchev–Trinajstić information content (AvgIpc) is 2.49. The molecule has 0 aliphatic heterocycles. The van der Waals surface area contributed by atoms with Crippen molar-refractivity contribution in [2.24, 2.45) is 11.7 Å². The largest absolute Gasteiger partial charge is 0.481 e. The molecule has 5 N–H and O–H groups in total. The highest BCUT2D eigenvalue weighted by molar-refractivity contribution is 5.78. The molecule has 0 saturated heterocycles. The number of carboxylic acid groups (broad SMARTS) is 1. The summed E-state index contributed by atoms with van der Waals surface area (Å²) in [5, 5.41) is 20.1. The smallest absolute Gasteiger partial charge is 0.300 e. The zero-order valence-electron chi connectivity index (χ0n) is 14.4. The monoisotopic (exact) mass is 336 g/mol. The number of hydrogen-bond acceptors (Lipinski definition) is 4. The minimum Gasteiger partial charge on any atom is -0.481 e. The van der Waals surface area contributed by atoms with Crippen LogP contribution in [0.2, 0.25) is 0 Å². The van der Waals surface area contributed by atoms with Gasteiger partial charge in [0.25, 0.3) is 5.97 Å². The lowest BCUT2D eigenvalue weighted by Crippen LogP contribution is -2.44. The number of aliphatic hydroxyl groups excluding tert-OH is 1. The van der Waals surface area contributed by atoms with Crippen molar-refractivity contribution >= 4 is 11.9 Å². The molecule has 0 radical (unpaired) electrons. The van der Waals surface area contributed by atoms with E-state index in [9.17, 15) is 9.90 Å². The van der Waals surface area contributed by atoms with E-state index in [2.05, 4.69) is 30.4 Å². The Bertz CT molecular complexity index is 544. The van der Waals surface area contributed by atoms with E-state index < -0.39 is 12.1 Å². The van der Waals surface area contributed by atoms with Crippen LogP contribution in [0, 0.1) is 12.8 Å². The summed E-state index contributed by atoms with van der Waals surface area (Å²) >= 11 is 0. The van der Waals surface area contributed by atoms with Crippen LogP contribution in [-0.2, 0) is 16.0 Å². The van der Waals surface area contributed by atoms with Crippen molar-refractivity contribution in [3.8, 4) is 0 Å². The third-order valence-corrected chi connectivity index (χ3v) is 4.03. The molecule has 1 aliphatic rings. The van der Waals surface area contributed by atoms with Crippen LogP contribution in [0.3, 0.4) is 0 Å². The second-order valence-corrected chi connectivity index (χ2v) is 6.29. The van der Waals surface area contributed by atoms with Gasteiger partial charge >= 0.3 is 0 Å². The average molecular weight is 336 g/mol. The quantitative estimate of drug-likeness (QED) is 0.661. The third-order valence-electron chi connectivity index (χ3n) is 4.03. The number of aliphatic carboxylic acids is 1. The standard InChI is InChI=1S/C16H24N2O2.C2H4O2/c1-11-3-2-4-12(9-11)7-8-18-16(20)13-5-6-14(17)15(19)10-13;1-2(3)4/h2-4,9,13-15,19H,5-8,10,17H2,1H3,(H,18,20);1H3,(H,3,4)/t13-,14+,15+;/m0./s1. The van der Waals surface area contributed by atoms with Crippen LogP contribution in [0.25, 0.3) is 0 Å². The molecule has 0 unspecified atom stereocenters. The van der Waals surface area contributed by atoms with Crippen LogP contribution in [0.15, 0.2) is 24.3 Å². The highest BCUT2D eigenvalue weighted by atomic mass is 16.4. The van der Waals surface area contributed by atoms with E-state index in [1.807, 2.05) is 6.07 Å². The molecule has 0 spiro atoms. The van der Waals surface area contributed by atoms with Gasteiger partial charge in [0.05, 0.1) is 6.10 Å². The van der Waals surface area contributed by atoms with Gasteiger partial charge in [0, 0.05) is 25.4 Å². The van der Waals surface area contributed by atoms with Crippen molar-refractivity contribution in [3.05, 3.63) is 35.4 Å². The fourth-order valence-corrected chi connectivity index (χ4v) is 2.75. The molecule has 0 heterocycles. The van der Waals surface area contributed by atoms with Gasteiger partial charge < -0.3 is 21.3 Å². The number of carbonyl (C=O) groups excluding carboxylic acids is 1. The van der Waals surface area contributed by atoms with E-state index in [1.165, 1.54) is 11.1 Å². The number of nitrogens with one attached hydrogen (secondary N) is 1. The van der Waals surface area contributed by atoms with Gasteiger partial charge in [0.1, 0.15) is 0 Å². The zero-order valence-corrected chi connectivity index (χ0v) is 14.4. The fraction of sp³-hybridized carbons (Fsp3) is 0.556. The molecule has 1 fully saturated rings. The van der Waals surface area contributed by atoms with Gasteiger partial charge in [-0.2, -0.15) is 0 Å². The Morgan fingerprint density at radius 3 is 2.58 bits per heavy atom. The van der Waals surface area contributed by atoms with Crippen molar-refractivity contribution in [3.63, 3.8) is 0 Å². The van der Waals surface area contributed by atoms with Crippen LogP contribution in [-0.4, -0.2) is 40.8 Å². The van der Waals surface area contributed by atoms with Crippen molar-refractivity contribution in [1.29, 1.82) is 0 Å². The summed E-state index contributed by atoms with van der Waals surface area (Å²) in [6, 6.07) is 8.13. The Labute approximate surface area is 143 Å². The first kappa shape index (κ1) is 20.1. The second-order valence-electron chi connectivity index (χ2n) is 6.29. The number of aliphatic hydroxyl groups is 1. The third kappa shape index (κ3) is 7.57. The number of aryl methyl sites for hydroxylation is 1. The molecule has 1 amide bonds. The summed E-state index contributed by atoms with van der Waals surface area (Å²) in [7, 11) is 0. The van der Waals surface area contributed by atoms with Crippen LogP contribution >= 0.6 is 0 Å². The molecule has 2 rings (SSSR count). The number of amides is 1. The highest BCUT2D eigenvalue weighted by Crippen LogP contribution is 2.23. The van der Waals surface area contributed by atoms with E-state index in [1.54, 1.807) is 0 Å². The van der Waals surface area contributed by atoms with E-state index in [-0.39, 0.29) is 17.9 Å². The highest BCUT2D eigenvalue weighted by Gasteiger charge is 2.30. The SMILES string of the molecule is CC(=O)O.Cc1cccc(CCNC(=O)[C@H]2CC[C@@H](N)[C@H](O)C2)c1. The minimum absolute atomic E-state index is 0.0450. The first-order valence-corrected chi connectivity index (χ1v) is 8.26. The Kier molecular flexibility index (Phi) is 8.43. The Morgan fingerprint density at radius 1 is 1.33 bits per heavy atom. The number of carboxylic acids is 1. The van der Waals surface area contributed by atoms with Gasteiger partial charge in [-0.15, -0.1) is 0 Å². The van der Waals surface area contributed by atoms with E-state index in [4.69, 9.17) is 15.6 Å². The molecule has 24 heavy (non-hydrogen) atoms.